The second kappa shape index (κ2) is 14.5. The lowest BCUT2D eigenvalue weighted by Crippen LogP contribution is -2.29. The van der Waals surface area contributed by atoms with Crippen molar-refractivity contribution in [2.45, 2.75) is 12.4 Å². The standard InChI is InChI=1S/C13H8F3NO.C7H6BF3O2.C6H4BrNO/c14-13(15,16)11-3-1-9(2-4-11)10-5-6-17-12(7-10)8-18;9-7(10,11)5-1-3-6(4-2-5)8(12)13;7-5-1-2-8-6(3-5)4-9/h1-8H;1-4,12-13H;1-4H. The molecule has 40 heavy (non-hydrogen) atoms. The van der Waals surface area contributed by atoms with Crippen LogP contribution in [0.1, 0.15) is 32.1 Å². The normalized spacial score (nSPS) is 10.8. The van der Waals surface area contributed by atoms with Crippen molar-refractivity contribution in [1.82, 2.24) is 9.97 Å². The number of carbonyl (C=O) groups excluding carboxylic acids is 2. The van der Waals surface area contributed by atoms with Crippen LogP contribution in [0.4, 0.5) is 26.3 Å². The summed E-state index contributed by atoms with van der Waals surface area (Å²) >= 11 is 3.20. The van der Waals surface area contributed by atoms with Gasteiger partial charge in [0, 0.05) is 16.9 Å². The first-order chi connectivity index (χ1) is 18.7. The van der Waals surface area contributed by atoms with Gasteiger partial charge in [-0.3, -0.25) is 19.6 Å². The highest BCUT2D eigenvalue weighted by Crippen LogP contribution is 2.31. The smallest absolute Gasteiger partial charge is 0.423 e. The van der Waals surface area contributed by atoms with Crippen molar-refractivity contribution in [2.24, 2.45) is 0 Å². The lowest BCUT2D eigenvalue weighted by atomic mass is 9.80. The van der Waals surface area contributed by atoms with E-state index in [0.29, 0.717) is 29.4 Å². The number of hydrogen-bond acceptors (Lipinski definition) is 6. The number of alkyl halides is 6. The van der Waals surface area contributed by atoms with Crippen LogP contribution >= 0.6 is 15.9 Å². The summed E-state index contributed by atoms with van der Waals surface area (Å²) < 4.78 is 74.0. The Hall–Kier alpha value is -3.88. The second-order valence-electron chi connectivity index (χ2n) is 7.67. The first-order valence-electron chi connectivity index (χ1n) is 10.9. The summed E-state index contributed by atoms with van der Waals surface area (Å²) in [6.45, 7) is 0. The van der Waals surface area contributed by atoms with E-state index in [-0.39, 0.29) is 11.2 Å². The summed E-state index contributed by atoms with van der Waals surface area (Å²) in [4.78, 5) is 28.2. The Balaban J connectivity index is 0.000000224. The Morgan fingerprint density at radius 2 is 1.10 bits per heavy atom. The molecule has 0 unspecified atom stereocenters. The minimum atomic E-state index is -4.39. The largest absolute Gasteiger partial charge is 0.488 e. The van der Waals surface area contributed by atoms with E-state index in [9.17, 15) is 35.9 Å². The minimum absolute atomic E-state index is 0.0352. The van der Waals surface area contributed by atoms with Crippen molar-refractivity contribution < 1.29 is 46.0 Å². The Labute approximate surface area is 232 Å². The third kappa shape index (κ3) is 10.4. The molecule has 0 atom stereocenters. The van der Waals surface area contributed by atoms with E-state index < -0.39 is 30.6 Å². The number of benzene rings is 2. The zero-order valence-electron chi connectivity index (χ0n) is 20.1. The van der Waals surface area contributed by atoms with Gasteiger partial charge in [0.25, 0.3) is 0 Å². The monoisotopic (exact) mass is 626 g/mol. The van der Waals surface area contributed by atoms with Crippen LogP contribution in [0.5, 0.6) is 0 Å². The molecule has 208 valence electrons. The van der Waals surface area contributed by atoms with Crippen LogP contribution in [-0.2, 0) is 12.4 Å². The van der Waals surface area contributed by atoms with Gasteiger partial charge in [-0.05, 0) is 53.0 Å². The maximum Gasteiger partial charge on any atom is 0.488 e. The Morgan fingerprint density at radius 3 is 1.50 bits per heavy atom. The van der Waals surface area contributed by atoms with Crippen molar-refractivity contribution in [3.05, 3.63) is 112 Å². The van der Waals surface area contributed by atoms with E-state index in [1.165, 1.54) is 24.4 Å². The van der Waals surface area contributed by atoms with Gasteiger partial charge in [0.15, 0.2) is 12.6 Å². The van der Waals surface area contributed by atoms with Crippen molar-refractivity contribution in [3.8, 4) is 11.1 Å². The molecule has 0 saturated carbocycles. The number of carbonyl (C=O) groups is 2. The zero-order valence-corrected chi connectivity index (χ0v) is 21.7. The number of nitrogens with zero attached hydrogens (tertiary/aromatic N) is 2. The van der Waals surface area contributed by atoms with Gasteiger partial charge in [-0.25, -0.2) is 0 Å². The van der Waals surface area contributed by atoms with Gasteiger partial charge < -0.3 is 10.0 Å². The second-order valence-corrected chi connectivity index (χ2v) is 8.59. The molecule has 0 aliphatic heterocycles. The van der Waals surface area contributed by atoms with Crippen LogP contribution in [0.15, 0.2) is 89.7 Å². The van der Waals surface area contributed by atoms with Crippen LogP contribution in [0.3, 0.4) is 0 Å². The lowest BCUT2D eigenvalue weighted by molar-refractivity contribution is -0.138. The van der Waals surface area contributed by atoms with Crippen LogP contribution in [-0.4, -0.2) is 39.7 Å². The fraction of sp³-hybridized carbons (Fsp3) is 0.0769. The molecule has 0 fully saturated rings. The average Bonchev–Trinajstić information content (AvgIpc) is 2.93. The highest BCUT2D eigenvalue weighted by molar-refractivity contribution is 9.10. The summed E-state index contributed by atoms with van der Waals surface area (Å²) in [5, 5.41) is 17.2. The average molecular weight is 627 g/mol. The fourth-order valence-corrected chi connectivity index (χ4v) is 3.23. The number of halogens is 7. The fourth-order valence-electron chi connectivity index (χ4n) is 2.87. The van der Waals surface area contributed by atoms with Crippen molar-refractivity contribution in [1.29, 1.82) is 0 Å². The number of aromatic nitrogens is 2. The molecule has 0 spiro atoms. The molecule has 2 aromatic carbocycles. The molecule has 2 heterocycles. The molecule has 14 heteroatoms. The maximum absolute atomic E-state index is 12.4. The van der Waals surface area contributed by atoms with Crippen LogP contribution in [0, 0.1) is 0 Å². The van der Waals surface area contributed by atoms with Crippen LogP contribution in [0.25, 0.3) is 11.1 Å². The van der Waals surface area contributed by atoms with Crippen LogP contribution in [0.2, 0.25) is 0 Å². The molecule has 0 aliphatic rings. The summed E-state index contributed by atoms with van der Waals surface area (Å²) in [5.41, 5.74) is 0.479. The summed E-state index contributed by atoms with van der Waals surface area (Å²) in [6, 6.07) is 15.0. The predicted octanol–water partition coefficient (Wildman–Crippen LogP) is 5.62. The van der Waals surface area contributed by atoms with Gasteiger partial charge in [-0.2, -0.15) is 26.3 Å². The highest BCUT2D eigenvalue weighted by Gasteiger charge is 2.31. The van der Waals surface area contributed by atoms with E-state index in [1.54, 1.807) is 24.4 Å². The van der Waals surface area contributed by atoms with Crippen molar-refractivity contribution in [3.63, 3.8) is 0 Å². The molecule has 0 saturated heterocycles. The van der Waals surface area contributed by atoms with E-state index in [0.717, 1.165) is 40.9 Å². The first kappa shape index (κ1) is 32.3. The molecule has 4 aromatic rings. The summed E-state index contributed by atoms with van der Waals surface area (Å²) in [5.74, 6) is 0. The molecule has 2 N–H and O–H groups in total. The van der Waals surface area contributed by atoms with Gasteiger partial charge >= 0.3 is 19.5 Å². The Morgan fingerprint density at radius 1 is 0.650 bits per heavy atom. The Bertz CT molecular complexity index is 1400. The SMILES string of the molecule is O=Cc1cc(-c2ccc(C(F)(F)F)cc2)ccn1.O=Cc1cc(Br)ccn1.OB(O)c1ccc(C(F)(F)F)cc1. The van der Waals surface area contributed by atoms with Crippen molar-refractivity contribution >= 4 is 41.1 Å². The molecular weight excluding hydrogens is 609 g/mol. The van der Waals surface area contributed by atoms with E-state index in [2.05, 4.69) is 25.9 Å². The third-order valence-corrected chi connectivity index (χ3v) is 5.34. The number of pyridine rings is 2. The zero-order chi connectivity index (χ0) is 29.9. The summed E-state index contributed by atoms with van der Waals surface area (Å²) in [7, 11) is -1.73. The first-order valence-corrected chi connectivity index (χ1v) is 11.7. The Kier molecular flexibility index (Phi) is 11.7. The van der Waals surface area contributed by atoms with Gasteiger partial charge in [-0.15, -0.1) is 0 Å². The molecule has 0 amide bonds. The molecule has 0 radical (unpaired) electrons. The van der Waals surface area contributed by atoms with E-state index >= 15 is 0 Å². The van der Waals surface area contributed by atoms with Gasteiger partial charge in [0.2, 0.25) is 0 Å². The highest BCUT2D eigenvalue weighted by atomic mass is 79.9. The van der Waals surface area contributed by atoms with Gasteiger partial charge in [0.05, 0.1) is 11.1 Å². The van der Waals surface area contributed by atoms with Gasteiger partial charge in [-0.1, -0.05) is 52.3 Å². The van der Waals surface area contributed by atoms with Crippen molar-refractivity contribution in [2.75, 3.05) is 0 Å². The predicted molar refractivity (Wildman–Crippen MR) is 139 cm³/mol. The minimum Gasteiger partial charge on any atom is -0.423 e. The molecule has 6 nitrogen and oxygen atoms in total. The van der Waals surface area contributed by atoms with E-state index in [4.69, 9.17) is 10.0 Å². The van der Waals surface area contributed by atoms with Crippen LogP contribution < -0.4 is 5.46 Å². The van der Waals surface area contributed by atoms with E-state index in [1.807, 2.05) is 0 Å². The van der Waals surface area contributed by atoms with Gasteiger partial charge in [0.1, 0.15) is 11.4 Å². The number of hydrogen-bond donors (Lipinski definition) is 2. The number of aldehydes is 2. The molecule has 4 rings (SSSR count). The lowest BCUT2D eigenvalue weighted by Gasteiger charge is -2.07. The molecule has 0 aliphatic carbocycles. The molecular formula is C26H18BBrF6N2O4. The summed E-state index contributed by atoms with van der Waals surface area (Å²) in [6.07, 6.45) is -4.41. The quantitative estimate of drug-likeness (QED) is 0.173. The third-order valence-electron chi connectivity index (χ3n) is 4.85. The molecule has 2 aromatic heterocycles. The topological polar surface area (TPSA) is 100 Å². The molecule has 0 bridgehead atoms. The maximum atomic E-state index is 12.4. The number of rotatable bonds is 4.